The Hall–Kier alpha value is -2.87. The summed E-state index contributed by atoms with van der Waals surface area (Å²) < 4.78 is 41.4. The number of amides is 2. The first-order chi connectivity index (χ1) is 15.8. The fourth-order valence-electron chi connectivity index (χ4n) is 4.69. The Balaban J connectivity index is 1.41. The number of benzene rings is 2. The zero-order chi connectivity index (χ0) is 23.5. The molecule has 1 aliphatic carbocycles. The number of hydrogen-bond acceptors (Lipinski definition) is 3. The highest BCUT2D eigenvalue weighted by molar-refractivity contribution is 6.04. The van der Waals surface area contributed by atoms with Crippen LogP contribution in [-0.4, -0.2) is 47.8 Å². The summed E-state index contributed by atoms with van der Waals surface area (Å²) in [5.41, 5.74) is 1.32. The molecule has 5 nitrogen and oxygen atoms in total. The molecule has 176 valence electrons. The summed E-state index contributed by atoms with van der Waals surface area (Å²) in [5.74, 6) is -2.62. The molecular weight excluding hydrogens is 431 g/mol. The molecule has 1 saturated heterocycles. The minimum Gasteiger partial charge on any atom is -0.340 e. The second-order valence-corrected chi connectivity index (χ2v) is 8.90. The molecule has 8 heteroatoms. The lowest BCUT2D eigenvalue weighted by Crippen LogP contribution is -2.49. The van der Waals surface area contributed by atoms with Gasteiger partial charge in [0.25, 0.3) is 5.91 Å². The van der Waals surface area contributed by atoms with Crippen LogP contribution in [0.25, 0.3) is 0 Å². The van der Waals surface area contributed by atoms with Crippen molar-refractivity contribution < 1.29 is 22.8 Å². The average Bonchev–Trinajstić information content (AvgIpc) is 3.32. The molecular formula is C25H28F3N3O2. The molecule has 2 aromatic rings. The Bertz CT molecular complexity index is 1050. The molecule has 2 fully saturated rings. The topological polar surface area (TPSA) is 52.6 Å². The molecule has 1 aliphatic heterocycles. The molecule has 33 heavy (non-hydrogen) atoms. The molecule has 4 rings (SSSR count). The first-order valence-electron chi connectivity index (χ1n) is 11.4. The van der Waals surface area contributed by atoms with Crippen LogP contribution < -0.4 is 5.32 Å². The van der Waals surface area contributed by atoms with E-state index in [-0.39, 0.29) is 23.1 Å². The van der Waals surface area contributed by atoms with E-state index in [9.17, 15) is 22.8 Å². The van der Waals surface area contributed by atoms with Crippen molar-refractivity contribution in [1.82, 2.24) is 9.80 Å². The number of anilines is 1. The van der Waals surface area contributed by atoms with Crippen molar-refractivity contribution in [3.63, 3.8) is 0 Å². The Labute approximate surface area is 191 Å². The van der Waals surface area contributed by atoms with Gasteiger partial charge >= 0.3 is 0 Å². The third-order valence-corrected chi connectivity index (χ3v) is 6.69. The standard InChI is InChI=1S/C25H28F3N3O2/c1-16-18(15-30-8-10-31(11-9-30)25(33)17-4-2-3-5-17)12-20(27)14-23(16)29-24(32)21-7-6-19(26)13-22(21)28/h6-7,12-14,17H,2-5,8-11,15H2,1H3,(H,29,32). The maximum absolute atomic E-state index is 14.3. The van der Waals surface area contributed by atoms with Crippen LogP contribution in [0.4, 0.5) is 18.9 Å². The smallest absolute Gasteiger partial charge is 0.258 e. The molecule has 0 radical (unpaired) electrons. The number of nitrogens with one attached hydrogen (secondary N) is 1. The van der Waals surface area contributed by atoms with Crippen LogP contribution >= 0.6 is 0 Å². The summed E-state index contributed by atoms with van der Waals surface area (Å²) in [6, 6.07) is 5.31. The zero-order valence-electron chi connectivity index (χ0n) is 18.7. The second-order valence-electron chi connectivity index (χ2n) is 8.90. The quantitative estimate of drug-likeness (QED) is 0.717. The lowest BCUT2D eigenvalue weighted by molar-refractivity contribution is -0.137. The van der Waals surface area contributed by atoms with Crippen molar-refractivity contribution >= 4 is 17.5 Å². The van der Waals surface area contributed by atoms with E-state index in [0.29, 0.717) is 49.9 Å². The average molecular weight is 460 g/mol. The number of piperazine rings is 1. The number of hydrogen-bond donors (Lipinski definition) is 1. The molecule has 1 saturated carbocycles. The molecule has 1 N–H and O–H groups in total. The van der Waals surface area contributed by atoms with E-state index in [1.807, 2.05) is 4.90 Å². The lowest BCUT2D eigenvalue weighted by Gasteiger charge is -2.36. The van der Waals surface area contributed by atoms with E-state index in [2.05, 4.69) is 10.2 Å². The molecule has 1 heterocycles. The Kier molecular flexibility index (Phi) is 7.02. The van der Waals surface area contributed by atoms with Gasteiger partial charge < -0.3 is 10.2 Å². The molecule has 0 aromatic heterocycles. The monoisotopic (exact) mass is 459 g/mol. The summed E-state index contributed by atoms with van der Waals surface area (Å²) >= 11 is 0. The van der Waals surface area contributed by atoms with Gasteiger partial charge in [0, 0.05) is 50.4 Å². The van der Waals surface area contributed by atoms with Gasteiger partial charge in [-0.2, -0.15) is 0 Å². The van der Waals surface area contributed by atoms with Crippen LogP contribution in [-0.2, 0) is 11.3 Å². The maximum Gasteiger partial charge on any atom is 0.258 e. The lowest BCUT2D eigenvalue weighted by atomic mass is 10.0. The van der Waals surface area contributed by atoms with Gasteiger partial charge in [-0.15, -0.1) is 0 Å². The molecule has 0 bridgehead atoms. The molecule has 0 spiro atoms. The SMILES string of the molecule is Cc1c(CN2CCN(C(=O)C3CCCC3)CC2)cc(F)cc1NC(=O)c1ccc(F)cc1F. The fourth-order valence-corrected chi connectivity index (χ4v) is 4.69. The molecule has 2 aliphatic rings. The number of halogens is 3. The molecule has 0 atom stereocenters. The van der Waals surface area contributed by atoms with E-state index in [1.54, 1.807) is 6.92 Å². The van der Waals surface area contributed by atoms with E-state index in [1.165, 1.54) is 12.1 Å². The maximum atomic E-state index is 14.3. The summed E-state index contributed by atoms with van der Waals surface area (Å²) in [7, 11) is 0. The van der Waals surface area contributed by atoms with Crippen LogP contribution in [0.15, 0.2) is 30.3 Å². The number of nitrogens with zero attached hydrogens (tertiary/aromatic N) is 2. The third-order valence-electron chi connectivity index (χ3n) is 6.69. The Morgan fingerprint density at radius 3 is 2.33 bits per heavy atom. The number of carbonyl (C=O) groups is 2. The highest BCUT2D eigenvalue weighted by Crippen LogP contribution is 2.28. The van der Waals surface area contributed by atoms with E-state index >= 15 is 0 Å². The first kappa shape index (κ1) is 23.3. The molecule has 2 amide bonds. The summed E-state index contributed by atoms with van der Waals surface area (Å²) in [5, 5.41) is 2.55. The number of rotatable bonds is 5. The van der Waals surface area contributed by atoms with Gasteiger partial charge in [0.2, 0.25) is 5.91 Å². The summed E-state index contributed by atoms with van der Waals surface area (Å²) in [4.78, 5) is 29.2. The van der Waals surface area contributed by atoms with Gasteiger partial charge in [-0.05, 0) is 55.2 Å². The Morgan fingerprint density at radius 1 is 0.970 bits per heavy atom. The highest BCUT2D eigenvalue weighted by Gasteiger charge is 2.29. The number of carbonyl (C=O) groups excluding carboxylic acids is 2. The molecule has 0 unspecified atom stereocenters. The van der Waals surface area contributed by atoms with E-state index in [4.69, 9.17) is 0 Å². The van der Waals surface area contributed by atoms with Crippen LogP contribution in [0.3, 0.4) is 0 Å². The van der Waals surface area contributed by atoms with Crippen molar-refractivity contribution in [3.05, 3.63) is 64.5 Å². The fraction of sp³-hybridized carbons (Fsp3) is 0.440. The van der Waals surface area contributed by atoms with Gasteiger partial charge in [-0.25, -0.2) is 13.2 Å². The summed E-state index contributed by atoms with van der Waals surface area (Å²) in [6.45, 7) is 4.93. The van der Waals surface area contributed by atoms with Crippen molar-refractivity contribution in [2.45, 2.75) is 39.2 Å². The Morgan fingerprint density at radius 2 is 1.67 bits per heavy atom. The predicted octanol–water partition coefficient (Wildman–Crippen LogP) is 4.50. The van der Waals surface area contributed by atoms with Crippen LogP contribution in [0, 0.1) is 30.3 Å². The highest BCUT2D eigenvalue weighted by atomic mass is 19.1. The predicted molar refractivity (Wildman–Crippen MR) is 119 cm³/mol. The van der Waals surface area contributed by atoms with Gasteiger partial charge in [-0.1, -0.05) is 12.8 Å². The van der Waals surface area contributed by atoms with E-state index < -0.39 is 23.4 Å². The van der Waals surface area contributed by atoms with E-state index in [0.717, 1.165) is 37.8 Å². The van der Waals surface area contributed by atoms with Gasteiger partial charge in [0.05, 0.1) is 5.56 Å². The first-order valence-corrected chi connectivity index (χ1v) is 11.4. The summed E-state index contributed by atoms with van der Waals surface area (Å²) in [6.07, 6.45) is 4.22. The van der Waals surface area contributed by atoms with Crippen LogP contribution in [0.5, 0.6) is 0 Å². The zero-order valence-corrected chi connectivity index (χ0v) is 18.7. The van der Waals surface area contributed by atoms with Crippen molar-refractivity contribution in [3.8, 4) is 0 Å². The second kappa shape index (κ2) is 9.95. The minimum atomic E-state index is -0.980. The normalized spacial score (nSPS) is 17.4. The minimum absolute atomic E-state index is 0.166. The molecule has 2 aromatic carbocycles. The largest absolute Gasteiger partial charge is 0.340 e. The van der Waals surface area contributed by atoms with Crippen LogP contribution in [0.1, 0.15) is 47.2 Å². The van der Waals surface area contributed by atoms with Gasteiger partial charge in [-0.3, -0.25) is 14.5 Å². The third kappa shape index (κ3) is 5.38. The van der Waals surface area contributed by atoms with Crippen molar-refractivity contribution in [2.75, 3.05) is 31.5 Å². The van der Waals surface area contributed by atoms with Gasteiger partial charge in [0.15, 0.2) is 0 Å². The van der Waals surface area contributed by atoms with Crippen molar-refractivity contribution in [2.24, 2.45) is 5.92 Å². The van der Waals surface area contributed by atoms with Gasteiger partial charge in [0.1, 0.15) is 17.5 Å². The van der Waals surface area contributed by atoms with Crippen LogP contribution in [0.2, 0.25) is 0 Å². The van der Waals surface area contributed by atoms with Crippen molar-refractivity contribution in [1.29, 1.82) is 0 Å².